The Balaban J connectivity index is 1.80. The largest absolute Gasteiger partial charge is 0.375 e. The van der Waals surface area contributed by atoms with Gasteiger partial charge in [0.2, 0.25) is 5.91 Å². The maximum atomic E-state index is 11.7. The number of para-hydroxylation sites is 2. The van der Waals surface area contributed by atoms with Crippen molar-refractivity contribution < 1.29 is 9.53 Å². The molecule has 1 amide bonds. The molecular formula is C20H21N3O2. The third-order valence-corrected chi connectivity index (χ3v) is 3.85. The molecule has 0 spiro atoms. The van der Waals surface area contributed by atoms with E-state index in [1.165, 1.54) is 7.11 Å². The van der Waals surface area contributed by atoms with Gasteiger partial charge in [-0.15, -0.1) is 0 Å². The molecule has 1 aromatic heterocycles. The first kappa shape index (κ1) is 16.9. The van der Waals surface area contributed by atoms with Crippen molar-refractivity contribution in [3.63, 3.8) is 0 Å². The van der Waals surface area contributed by atoms with Gasteiger partial charge >= 0.3 is 0 Å². The average Bonchev–Trinajstić information content (AvgIpc) is 2.99. The molecule has 0 unspecified atom stereocenters. The summed E-state index contributed by atoms with van der Waals surface area (Å²) in [6.45, 7) is 1.11. The third kappa shape index (κ3) is 4.33. The molecule has 2 aromatic carbocycles. The van der Waals surface area contributed by atoms with Crippen molar-refractivity contribution in [1.29, 1.82) is 0 Å². The van der Waals surface area contributed by atoms with Crippen molar-refractivity contribution in [3.05, 3.63) is 72.1 Å². The van der Waals surface area contributed by atoms with Gasteiger partial charge in [-0.1, -0.05) is 54.6 Å². The van der Waals surface area contributed by atoms with Gasteiger partial charge in [0, 0.05) is 13.7 Å². The van der Waals surface area contributed by atoms with Gasteiger partial charge in [-0.25, -0.2) is 4.98 Å². The summed E-state index contributed by atoms with van der Waals surface area (Å²) in [6.07, 6.45) is 4.19. The molecule has 5 nitrogen and oxygen atoms in total. The van der Waals surface area contributed by atoms with Crippen molar-refractivity contribution in [1.82, 2.24) is 14.9 Å². The lowest BCUT2D eigenvalue weighted by Gasteiger charge is -2.08. The topological polar surface area (TPSA) is 56.1 Å². The van der Waals surface area contributed by atoms with Crippen LogP contribution < -0.4 is 5.32 Å². The van der Waals surface area contributed by atoms with E-state index in [-0.39, 0.29) is 12.5 Å². The number of hydrogen-bond donors (Lipinski definition) is 1. The van der Waals surface area contributed by atoms with Crippen LogP contribution in [0.5, 0.6) is 0 Å². The fourth-order valence-electron chi connectivity index (χ4n) is 2.68. The molecule has 5 heteroatoms. The van der Waals surface area contributed by atoms with Crippen molar-refractivity contribution in [2.24, 2.45) is 0 Å². The number of aromatic nitrogens is 2. The second kappa shape index (κ2) is 8.26. The predicted molar refractivity (Wildman–Crippen MR) is 98.9 cm³/mol. The van der Waals surface area contributed by atoms with Crippen LogP contribution >= 0.6 is 0 Å². The van der Waals surface area contributed by atoms with Gasteiger partial charge in [-0.2, -0.15) is 0 Å². The van der Waals surface area contributed by atoms with Crippen LogP contribution in [0.15, 0.2) is 60.7 Å². The molecule has 0 aliphatic carbocycles. The number of methoxy groups -OCH3 is 1. The van der Waals surface area contributed by atoms with Crippen LogP contribution in [0, 0.1) is 0 Å². The summed E-state index contributed by atoms with van der Waals surface area (Å²) in [5.74, 6) is 0.671. The number of amides is 1. The summed E-state index contributed by atoms with van der Waals surface area (Å²) >= 11 is 0. The van der Waals surface area contributed by atoms with Crippen LogP contribution in [0.1, 0.15) is 11.4 Å². The average molecular weight is 335 g/mol. The van der Waals surface area contributed by atoms with Gasteiger partial charge in [-0.05, 0) is 17.7 Å². The number of hydrogen-bond acceptors (Lipinski definition) is 3. The first-order chi connectivity index (χ1) is 12.3. The molecule has 1 N–H and O–H groups in total. The Bertz CT molecular complexity index is 869. The van der Waals surface area contributed by atoms with Gasteiger partial charge in [0.15, 0.2) is 0 Å². The number of nitrogens with zero attached hydrogens (tertiary/aromatic N) is 2. The molecular weight excluding hydrogens is 314 g/mol. The van der Waals surface area contributed by atoms with Gasteiger partial charge in [0.25, 0.3) is 0 Å². The monoisotopic (exact) mass is 335 g/mol. The molecule has 0 atom stereocenters. The van der Waals surface area contributed by atoms with E-state index >= 15 is 0 Å². The van der Waals surface area contributed by atoms with Crippen LogP contribution in [-0.2, 0) is 22.6 Å². The van der Waals surface area contributed by atoms with Gasteiger partial charge in [-0.3, -0.25) is 4.79 Å². The normalized spacial score (nSPS) is 11.2. The maximum Gasteiger partial charge on any atom is 0.246 e. The zero-order valence-corrected chi connectivity index (χ0v) is 14.2. The van der Waals surface area contributed by atoms with E-state index in [9.17, 15) is 4.79 Å². The fourth-order valence-corrected chi connectivity index (χ4v) is 2.68. The second-order valence-corrected chi connectivity index (χ2v) is 5.65. The van der Waals surface area contributed by atoms with Crippen molar-refractivity contribution in [2.45, 2.75) is 13.1 Å². The van der Waals surface area contributed by atoms with Crippen molar-refractivity contribution in [3.8, 4) is 0 Å². The highest BCUT2D eigenvalue weighted by molar-refractivity contribution is 5.78. The Morgan fingerprint density at radius 2 is 1.92 bits per heavy atom. The van der Waals surface area contributed by atoms with E-state index in [1.54, 1.807) is 0 Å². The Hall–Kier alpha value is -2.92. The molecule has 0 aliphatic rings. The number of rotatable bonds is 7. The molecule has 0 bridgehead atoms. The minimum absolute atomic E-state index is 0.0497. The van der Waals surface area contributed by atoms with Crippen molar-refractivity contribution in [2.75, 3.05) is 13.7 Å². The van der Waals surface area contributed by atoms with E-state index in [0.717, 1.165) is 22.4 Å². The molecule has 3 aromatic rings. The Morgan fingerprint density at radius 3 is 2.72 bits per heavy atom. The van der Waals surface area contributed by atoms with Crippen LogP contribution in [0.25, 0.3) is 17.1 Å². The SMILES string of the molecule is COCC(=O)NCc1nc2ccccc2n1C/C=C/c1ccccc1. The number of benzene rings is 2. The molecule has 25 heavy (non-hydrogen) atoms. The number of allylic oxidation sites excluding steroid dienone is 1. The second-order valence-electron chi connectivity index (χ2n) is 5.65. The molecule has 1 heterocycles. The Kier molecular flexibility index (Phi) is 5.59. The molecule has 128 valence electrons. The number of ether oxygens (including phenoxy) is 1. The third-order valence-electron chi connectivity index (χ3n) is 3.85. The lowest BCUT2D eigenvalue weighted by Crippen LogP contribution is -2.28. The number of imidazole rings is 1. The summed E-state index contributed by atoms with van der Waals surface area (Å²) in [5, 5.41) is 2.84. The number of carbonyl (C=O) groups is 1. The quantitative estimate of drug-likeness (QED) is 0.722. The summed E-state index contributed by atoms with van der Waals surface area (Å²) in [5.41, 5.74) is 3.13. The lowest BCUT2D eigenvalue weighted by molar-refractivity contribution is -0.124. The highest BCUT2D eigenvalue weighted by Gasteiger charge is 2.10. The minimum atomic E-state index is -0.152. The van der Waals surface area contributed by atoms with E-state index in [4.69, 9.17) is 4.74 Å². The zero-order valence-electron chi connectivity index (χ0n) is 14.2. The van der Waals surface area contributed by atoms with Crippen LogP contribution in [0.2, 0.25) is 0 Å². The van der Waals surface area contributed by atoms with E-state index in [1.807, 2.05) is 42.5 Å². The van der Waals surface area contributed by atoms with Crippen LogP contribution in [0.4, 0.5) is 0 Å². The summed E-state index contributed by atoms with van der Waals surface area (Å²) < 4.78 is 6.96. The zero-order chi connectivity index (χ0) is 17.5. The number of nitrogens with one attached hydrogen (secondary N) is 1. The van der Waals surface area contributed by atoms with E-state index < -0.39 is 0 Å². The molecule has 0 radical (unpaired) electrons. The first-order valence-electron chi connectivity index (χ1n) is 8.19. The smallest absolute Gasteiger partial charge is 0.246 e. The highest BCUT2D eigenvalue weighted by atomic mass is 16.5. The lowest BCUT2D eigenvalue weighted by atomic mass is 10.2. The van der Waals surface area contributed by atoms with Crippen LogP contribution in [-0.4, -0.2) is 29.2 Å². The Labute approximate surface area is 146 Å². The summed E-state index contributed by atoms with van der Waals surface area (Å²) in [7, 11) is 1.50. The van der Waals surface area contributed by atoms with Gasteiger partial charge < -0.3 is 14.6 Å². The summed E-state index contributed by atoms with van der Waals surface area (Å²) in [6, 6.07) is 18.1. The van der Waals surface area contributed by atoms with Gasteiger partial charge in [0.1, 0.15) is 12.4 Å². The van der Waals surface area contributed by atoms with E-state index in [2.05, 4.69) is 39.2 Å². The van der Waals surface area contributed by atoms with E-state index in [0.29, 0.717) is 13.1 Å². The first-order valence-corrected chi connectivity index (χ1v) is 8.19. The molecule has 0 saturated heterocycles. The number of fused-ring (bicyclic) bond motifs is 1. The Morgan fingerprint density at radius 1 is 1.16 bits per heavy atom. The standard InChI is InChI=1S/C20H21N3O2/c1-25-15-20(24)21-14-19-22-17-11-5-6-12-18(17)23(19)13-7-10-16-8-3-2-4-9-16/h2-12H,13-15H2,1H3,(H,21,24)/b10-7+. The maximum absolute atomic E-state index is 11.7. The molecule has 0 saturated carbocycles. The molecule has 0 aliphatic heterocycles. The molecule has 0 fully saturated rings. The summed E-state index contributed by atoms with van der Waals surface area (Å²) in [4.78, 5) is 16.3. The minimum Gasteiger partial charge on any atom is -0.375 e. The highest BCUT2D eigenvalue weighted by Crippen LogP contribution is 2.16. The molecule has 3 rings (SSSR count). The van der Waals surface area contributed by atoms with Gasteiger partial charge in [0.05, 0.1) is 17.6 Å². The predicted octanol–water partition coefficient (Wildman–Crippen LogP) is 3.01. The van der Waals surface area contributed by atoms with Crippen LogP contribution in [0.3, 0.4) is 0 Å². The fraction of sp³-hybridized carbons (Fsp3) is 0.200. The van der Waals surface area contributed by atoms with Crippen molar-refractivity contribution >= 4 is 23.0 Å². The number of carbonyl (C=O) groups excluding carboxylic acids is 1.